The summed E-state index contributed by atoms with van der Waals surface area (Å²) in [5, 5.41) is 4.25. The summed E-state index contributed by atoms with van der Waals surface area (Å²) < 4.78 is 1.94. The molecule has 0 amide bonds. The normalized spacial score (nSPS) is 11.2. The Labute approximate surface area is 130 Å². The number of aromatic nitrogens is 4. The Balaban J connectivity index is 1.62. The molecule has 0 atom stereocenters. The van der Waals surface area contributed by atoms with Crippen molar-refractivity contribution in [3.05, 3.63) is 71.6 Å². The van der Waals surface area contributed by atoms with Gasteiger partial charge in [0.25, 0.3) is 0 Å². The Morgan fingerprint density at radius 1 is 1.18 bits per heavy atom. The minimum absolute atomic E-state index is 0.807. The van der Waals surface area contributed by atoms with Crippen molar-refractivity contribution in [2.45, 2.75) is 26.6 Å². The molecule has 0 fully saturated rings. The number of H-pyrrole nitrogens is 1. The fourth-order valence-electron chi connectivity index (χ4n) is 2.58. The van der Waals surface area contributed by atoms with Crippen LogP contribution in [0.3, 0.4) is 0 Å². The van der Waals surface area contributed by atoms with Crippen LogP contribution >= 0.6 is 0 Å². The molecule has 0 radical (unpaired) electrons. The van der Waals surface area contributed by atoms with E-state index in [1.165, 1.54) is 11.1 Å². The van der Waals surface area contributed by atoms with E-state index in [4.69, 9.17) is 0 Å². The standard InChI is InChI=1S/C17H21N5/c1-14-10-18-17(20-14)13-21(2)11-15-5-3-6-16(9-15)12-22-8-4-7-19-22/h3-10H,11-13H2,1-2H3,(H,18,20). The maximum absolute atomic E-state index is 4.36. The lowest BCUT2D eigenvalue weighted by atomic mass is 10.1. The van der Waals surface area contributed by atoms with E-state index < -0.39 is 0 Å². The Kier molecular flexibility index (Phi) is 4.34. The van der Waals surface area contributed by atoms with Gasteiger partial charge in [0.05, 0.1) is 13.1 Å². The number of rotatable bonds is 6. The van der Waals surface area contributed by atoms with Gasteiger partial charge in [0.1, 0.15) is 5.82 Å². The number of benzene rings is 1. The Morgan fingerprint density at radius 3 is 2.77 bits per heavy atom. The fraction of sp³-hybridized carbons (Fsp3) is 0.294. The molecule has 1 aromatic carbocycles. The molecule has 0 bridgehead atoms. The average molecular weight is 295 g/mol. The van der Waals surface area contributed by atoms with E-state index in [2.05, 4.69) is 51.3 Å². The van der Waals surface area contributed by atoms with E-state index in [0.717, 1.165) is 31.2 Å². The molecule has 0 aliphatic rings. The lowest BCUT2D eigenvalue weighted by Gasteiger charge is -2.16. The van der Waals surface area contributed by atoms with Crippen LogP contribution in [-0.4, -0.2) is 31.7 Å². The van der Waals surface area contributed by atoms with Crippen molar-refractivity contribution in [2.24, 2.45) is 0 Å². The maximum Gasteiger partial charge on any atom is 0.120 e. The van der Waals surface area contributed by atoms with Crippen molar-refractivity contribution in [1.82, 2.24) is 24.6 Å². The van der Waals surface area contributed by atoms with Crippen LogP contribution in [0.1, 0.15) is 22.6 Å². The van der Waals surface area contributed by atoms with Crippen LogP contribution in [0.15, 0.2) is 48.9 Å². The molecule has 0 aliphatic heterocycles. The first-order valence-corrected chi connectivity index (χ1v) is 7.43. The number of imidazole rings is 1. The second-order valence-corrected chi connectivity index (χ2v) is 5.71. The molecular formula is C17H21N5. The highest BCUT2D eigenvalue weighted by Gasteiger charge is 2.05. The molecule has 1 N–H and O–H groups in total. The fourth-order valence-corrected chi connectivity index (χ4v) is 2.58. The van der Waals surface area contributed by atoms with Crippen LogP contribution in [0, 0.1) is 6.92 Å². The first-order chi connectivity index (χ1) is 10.7. The van der Waals surface area contributed by atoms with Crippen LogP contribution in [-0.2, 0) is 19.6 Å². The molecule has 0 unspecified atom stereocenters. The van der Waals surface area contributed by atoms with E-state index in [1.54, 1.807) is 0 Å². The van der Waals surface area contributed by atoms with Gasteiger partial charge < -0.3 is 4.98 Å². The second kappa shape index (κ2) is 6.58. The minimum atomic E-state index is 0.807. The highest BCUT2D eigenvalue weighted by atomic mass is 15.3. The smallest absolute Gasteiger partial charge is 0.120 e. The Bertz CT molecular complexity index is 714. The molecular weight excluding hydrogens is 274 g/mol. The number of nitrogens with zero attached hydrogens (tertiary/aromatic N) is 4. The van der Waals surface area contributed by atoms with Gasteiger partial charge in [-0.2, -0.15) is 5.10 Å². The first-order valence-electron chi connectivity index (χ1n) is 7.43. The van der Waals surface area contributed by atoms with Crippen molar-refractivity contribution in [3.63, 3.8) is 0 Å². The molecule has 22 heavy (non-hydrogen) atoms. The number of aryl methyl sites for hydroxylation is 1. The lowest BCUT2D eigenvalue weighted by Crippen LogP contribution is -2.18. The van der Waals surface area contributed by atoms with Crippen LogP contribution in [0.2, 0.25) is 0 Å². The van der Waals surface area contributed by atoms with Gasteiger partial charge in [-0.25, -0.2) is 4.98 Å². The zero-order chi connectivity index (χ0) is 15.4. The molecule has 5 nitrogen and oxygen atoms in total. The van der Waals surface area contributed by atoms with E-state index >= 15 is 0 Å². The van der Waals surface area contributed by atoms with Gasteiger partial charge in [0.15, 0.2) is 0 Å². The third kappa shape index (κ3) is 3.83. The zero-order valence-corrected chi connectivity index (χ0v) is 13.0. The van der Waals surface area contributed by atoms with E-state index in [-0.39, 0.29) is 0 Å². The number of aromatic amines is 1. The largest absolute Gasteiger partial charge is 0.345 e. The highest BCUT2D eigenvalue weighted by molar-refractivity contribution is 5.23. The molecule has 0 spiro atoms. The third-order valence-electron chi connectivity index (χ3n) is 3.52. The van der Waals surface area contributed by atoms with Gasteiger partial charge >= 0.3 is 0 Å². The van der Waals surface area contributed by atoms with Crippen molar-refractivity contribution in [3.8, 4) is 0 Å². The van der Waals surface area contributed by atoms with E-state index in [1.807, 2.05) is 36.3 Å². The second-order valence-electron chi connectivity index (χ2n) is 5.71. The molecule has 5 heteroatoms. The van der Waals surface area contributed by atoms with E-state index in [0.29, 0.717) is 0 Å². The van der Waals surface area contributed by atoms with Gasteiger partial charge in [-0.15, -0.1) is 0 Å². The highest BCUT2D eigenvalue weighted by Crippen LogP contribution is 2.10. The predicted octanol–water partition coefficient (Wildman–Crippen LogP) is 2.59. The van der Waals surface area contributed by atoms with Crippen molar-refractivity contribution >= 4 is 0 Å². The topological polar surface area (TPSA) is 49.7 Å². The quantitative estimate of drug-likeness (QED) is 0.760. The van der Waals surface area contributed by atoms with Crippen molar-refractivity contribution < 1.29 is 0 Å². The number of hydrogen-bond acceptors (Lipinski definition) is 3. The SMILES string of the molecule is Cc1cnc(CN(C)Cc2cccc(Cn3cccn3)c2)[nH]1. The van der Waals surface area contributed by atoms with Crippen LogP contribution in [0.25, 0.3) is 0 Å². The van der Waals surface area contributed by atoms with Gasteiger partial charge in [0, 0.05) is 30.8 Å². The maximum atomic E-state index is 4.36. The molecule has 0 aliphatic carbocycles. The third-order valence-corrected chi connectivity index (χ3v) is 3.52. The van der Waals surface area contributed by atoms with Crippen LogP contribution in [0.5, 0.6) is 0 Å². The molecule has 114 valence electrons. The van der Waals surface area contributed by atoms with Gasteiger partial charge in [-0.3, -0.25) is 9.58 Å². The molecule has 3 aromatic rings. The molecule has 2 aromatic heterocycles. The molecule has 0 saturated carbocycles. The minimum Gasteiger partial charge on any atom is -0.345 e. The zero-order valence-electron chi connectivity index (χ0n) is 13.0. The molecule has 0 saturated heterocycles. The Hall–Kier alpha value is -2.40. The molecule has 2 heterocycles. The summed E-state index contributed by atoms with van der Waals surface area (Å²) in [5.41, 5.74) is 3.67. The van der Waals surface area contributed by atoms with Crippen molar-refractivity contribution in [1.29, 1.82) is 0 Å². The lowest BCUT2D eigenvalue weighted by molar-refractivity contribution is 0.311. The predicted molar refractivity (Wildman–Crippen MR) is 86.3 cm³/mol. The summed E-state index contributed by atoms with van der Waals surface area (Å²) in [5.74, 6) is 1.01. The Morgan fingerprint density at radius 2 is 2.05 bits per heavy atom. The summed E-state index contributed by atoms with van der Waals surface area (Å²) in [6, 6.07) is 10.6. The summed E-state index contributed by atoms with van der Waals surface area (Å²) in [4.78, 5) is 9.88. The van der Waals surface area contributed by atoms with Crippen LogP contribution in [0.4, 0.5) is 0 Å². The summed E-state index contributed by atoms with van der Waals surface area (Å²) in [6.07, 6.45) is 5.66. The summed E-state index contributed by atoms with van der Waals surface area (Å²) in [7, 11) is 2.11. The average Bonchev–Trinajstić information content (AvgIpc) is 3.11. The van der Waals surface area contributed by atoms with Gasteiger partial charge in [-0.1, -0.05) is 24.3 Å². The first kappa shape index (κ1) is 14.5. The number of nitrogens with one attached hydrogen (secondary N) is 1. The van der Waals surface area contributed by atoms with Gasteiger partial charge in [0.2, 0.25) is 0 Å². The number of hydrogen-bond donors (Lipinski definition) is 1. The molecule has 3 rings (SSSR count). The van der Waals surface area contributed by atoms with Crippen LogP contribution < -0.4 is 0 Å². The summed E-state index contributed by atoms with van der Waals surface area (Å²) >= 11 is 0. The summed E-state index contributed by atoms with van der Waals surface area (Å²) in [6.45, 7) is 4.54. The van der Waals surface area contributed by atoms with E-state index in [9.17, 15) is 0 Å². The van der Waals surface area contributed by atoms with Gasteiger partial charge in [-0.05, 0) is 31.2 Å². The van der Waals surface area contributed by atoms with Crippen molar-refractivity contribution in [2.75, 3.05) is 7.05 Å². The monoisotopic (exact) mass is 295 g/mol.